The summed E-state index contributed by atoms with van der Waals surface area (Å²) in [6.07, 6.45) is 2.05. The van der Waals surface area contributed by atoms with Crippen molar-refractivity contribution >= 4 is 0 Å². The second-order valence-electron chi connectivity index (χ2n) is 4.94. The van der Waals surface area contributed by atoms with Crippen LogP contribution >= 0.6 is 0 Å². The summed E-state index contributed by atoms with van der Waals surface area (Å²) in [5, 5.41) is 0. The van der Waals surface area contributed by atoms with E-state index in [0.717, 1.165) is 24.2 Å². The third-order valence-electron chi connectivity index (χ3n) is 3.94. The Morgan fingerprint density at radius 1 is 1.28 bits per heavy atom. The van der Waals surface area contributed by atoms with Gasteiger partial charge in [0.05, 0.1) is 14.2 Å². The first kappa shape index (κ1) is 13.1. The number of rotatable bonds is 5. The lowest BCUT2D eigenvalue weighted by molar-refractivity contribution is 0.373. The molecule has 100 valence electrons. The van der Waals surface area contributed by atoms with Gasteiger partial charge < -0.3 is 15.2 Å². The van der Waals surface area contributed by atoms with Crippen LogP contribution in [0.4, 0.5) is 4.39 Å². The molecular weight excluding hydrogens is 233 g/mol. The van der Waals surface area contributed by atoms with E-state index in [0.29, 0.717) is 11.3 Å². The lowest BCUT2D eigenvalue weighted by Gasteiger charge is -2.24. The molecule has 0 bridgehead atoms. The molecule has 0 heterocycles. The zero-order valence-electron chi connectivity index (χ0n) is 11.1. The summed E-state index contributed by atoms with van der Waals surface area (Å²) in [6, 6.07) is 3.63. The summed E-state index contributed by atoms with van der Waals surface area (Å²) in [7, 11) is 3.15. The minimum atomic E-state index is -0.546. The van der Waals surface area contributed by atoms with Crippen LogP contribution in [0.2, 0.25) is 0 Å². The summed E-state index contributed by atoms with van der Waals surface area (Å²) in [5.41, 5.74) is 7.58. The van der Waals surface area contributed by atoms with Crippen LogP contribution in [0, 0.1) is 0 Å². The van der Waals surface area contributed by atoms with Gasteiger partial charge >= 0.3 is 0 Å². The Morgan fingerprint density at radius 2 is 1.89 bits per heavy atom. The van der Waals surface area contributed by atoms with E-state index in [1.807, 2.05) is 13.0 Å². The van der Waals surface area contributed by atoms with Crippen LogP contribution in [0.25, 0.3) is 0 Å². The normalized spacial score (nSPS) is 18.3. The molecule has 0 amide bonds. The van der Waals surface area contributed by atoms with E-state index in [9.17, 15) is 4.39 Å². The van der Waals surface area contributed by atoms with Gasteiger partial charge in [0.2, 0.25) is 0 Å². The fraction of sp³-hybridized carbons (Fsp3) is 0.571. The number of nitrogens with two attached hydrogens (primary N) is 1. The number of halogens is 1. The van der Waals surface area contributed by atoms with Gasteiger partial charge in [-0.05, 0) is 25.8 Å². The number of hydrogen-bond donors (Lipinski definition) is 1. The van der Waals surface area contributed by atoms with Gasteiger partial charge in [-0.25, -0.2) is 4.39 Å². The van der Waals surface area contributed by atoms with Crippen molar-refractivity contribution in [1.29, 1.82) is 0 Å². The summed E-state index contributed by atoms with van der Waals surface area (Å²) >= 11 is 0. The molecule has 1 saturated carbocycles. The van der Waals surface area contributed by atoms with Gasteiger partial charge in [0, 0.05) is 28.7 Å². The summed E-state index contributed by atoms with van der Waals surface area (Å²) in [6.45, 7) is 1.45. The molecule has 0 spiro atoms. The topological polar surface area (TPSA) is 44.5 Å². The maximum atomic E-state index is 13.0. The van der Waals surface area contributed by atoms with Crippen molar-refractivity contribution in [2.45, 2.75) is 37.9 Å². The second-order valence-corrected chi connectivity index (χ2v) is 4.94. The third-order valence-corrected chi connectivity index (χ3v) is 3.94. The van der Waals surface area contributed by atoms with Gasteiger partial charge in [0.15, 0.2) is 0 Å². The third kappa shape index (κ3) is 1.94. The van der Waals surface area contributed by atoms with Crippen LogP contribution in [0.1, 0.15) is 30.9 Å². The van der Waals surface area contributed by atoms with E-state index in [1.165, 1.54) is 7.11 Å². The molecule has 1 fully saturated rings. The van der Waals surface area contributed by atoms with E-state index >= 15 is 0 Å². The molecule has 0 saturated heterocycles. The van der Waals surface area contributed by atoms with E-state index < -0.39 is 6.67 Å². The van der Waals surface area contributed by atoms with Crippen molar-refractivity contribution < 1.29 is 13.9 Å². The average molecular weight is 253 g/mol. The molecule has 18 heavy (non-hydrogen) atoms. The molecule has 2 rings (SSSR count). The van der Waals surface area contributed by atoms with Crippen molar-refractivity contribution in [3.8, 4) is 11.5 Å². The predicted molar refractivity (Wildman–Crippen MR) is 68.9 cm³/mol. The highest BCUT2D eigenvalue weighted by Crippen LogP contribution is 2.54. The van der Waals surface area contributed by atoms with Gasteiger partial charge in [0.25, 0.3) is 0 Å². The van der Waals surface area contributed by atoms with E-state index in [1.54, 1.807) is 13.2 Å². The lowest BCUT2D eigenvalue weighted by atomic mass is 9.87. The molecular formula is C14H20FNO2. The predicted octanol–water partition coefficient (Wildman–Crippen LogP) is 2.55. The van der Waals surface area contributed by atoms with E-state index in [2.05, 4.69) is 0 Å². The molecule has 1 atom stereocenters. The molecule has 0 radical (unpaired) electrons. The molecule has 1 unspecified atom stereocenters. The molecule has 4 heteroatoms. The Morgan fingerprint density at radius 3 is 2.28 bits per heavy atom. The van der Waals surface area contributed by atoms with Crippen molar-refractivity contribution in [2.75, 3.05) is 14.2 Å². The number of hydrogen-bond acceptors (Lipinski definition) is 3. The van der Waals surface area contributed by atoms with Gasteiger partial charge in [-0.3, -0.25) is 0 Å². The second kappa shape index (κ2) is 4.76. The summed E-state index contributed by atoms with van der Waals surface area (Å²) in [4.78, 5) is 0. The first-order chi connectivity index (χ1) is 8.58. The van der Waals surface area contributed by atoms with Crippen molar-refractivity contribution in [1.82, 2.24) is 0 Å². The molecule has 1 aliphatic carbocycles. The minimum absolute atomic E-state index is 0.0345. The van der Waals surface area contributed by atoms with Gasteiger partial charge in [-0.15, -0.1) is 0 Å². The Kier molecular flexibility index (Phi) is 3.48. The fourth-order valence-electron chi connectivity index (χ4n) is 2.56. The van der Waals surface area contributed by atoms with Crippen LogP contribution < -0.4 is 15.2 Å². The van der Waals surface area contributed by atoms with Crippen LogP contribution in [0.15, 0.2) is 12.1 Å². The van der Waals surface area contributed by atoms with Crippen molar-refractivity contribution in [3.05, 3.63) is 23.3 Å². The van der Waals surface area contributed by atoms with Crippen LogP contribution in [-0.4, -0.2) is 20.3 Å². The van der Waals surface area contributed by atoms with Crippen molar-refractivity contribution in [2.24, 2.45) is 5.73 Å². The zero-order valence-corrected chi connectivity index (χ0v) is 11.1. The largest absolute Gasteiger partial charge is 0.496 e. The molecule has 1 aliphatic rings. The van der Waals surface area contributed by atoms with Crippen LogP contribution in [-0.2, 0) is 12.1 Å². The van der Waals surface area contributed by atoms with Gasteiger partial charge in [-0.1, -0.05) is 0 Å². The standard InChI is InChI=1S/C14H20FNO2/c1-9(16)14(4-5-14)11-6-10(8-15)12(17-2)7-13(11)18-3/h6-7,9H,4-5,8,16H2,1-3H3. The van der Waals surface area contributed by atoms with E-state index in [-0.39, 0.29) is 11.5 Å². The minimum Gasteiger partial charge on any atom is -0.496 e. The Labute approximate surface area is 107 Å². The maximum Gasteiger partial charge on any atom is 0.128 e. The highest BCUT2D eigenvalue weighted by molar-refractivity contribution is 5.52. The summed E-state index contributed by atoms with van der Waals surface area (Å²) in [5.74, 6) is 1.26. The number of benzene rings is 1. The highest BCUT2D eigenvalue weighted by atomic mass is 19.1. The van der Waals surface area contributed by atoms with Gasteiger partial charge in [0.1, 0.15) is 18.2 Å². The SMILES string of the molecule is COc1cc(OC)c(C2(C(C)N)CC2)cc1CF. The van der Waals surface area contributed by atoms with Crippen molar-refractivity contribution in [3.63, 3.8) is 0 Å². The average Bonchev–Trinajstić information content (AvgIpc) is 3.18. The van der Waals surface area contributed by atoms with Gasteiger partial charge in [-0.2, -0.15) is 0 Å². The summed E-state index contributed by atoms with van der Waals surface area (Å²) < 4.78 is 23.6. The number of methoxy groups -OCH3 is 2. The van der Waals surface area contributed by atoms with E-state index in [4.69, 9.17) is 15.2 Å². The quantitative estimate of drug-likeness (QED) is 0.877. The first-order valence-electron chi connectivity index (χ1n) is 6.16. The highest BCUT2D eigenvalue weighted by Gasteiger charge is 2.49. The maximum absolute atomic E-state index is 13.0. The first-order valence-corrected chi connectivity index (χ1v) is 6.16. The lowest BCUT2D eigenvalue weighted by Crippen LogP contribution is -2.32. The molecule has 2 N–H and O–H groups in total. The molecule has 1 aromatic rings. The Hall–Kier alpha value is -1.29. The smallest absolute Gasteiger partial charge is 0.128 e. The number of ether oxygens (including phenoxy) is 2. The van der Waals surface area contributed by atoms with Crippen LogP contribution in [0.5, 0.6) is 11.5 Å². The zero-order chi connectivity index (χ0) is 13.3. The molecule has 0 aromatic heterocycles. The Bertz CT molecular complexity index is 442. The molecule has 3 nitrogen and oxygen atoms in total. The molecule has 1 aromatic carbocycles. The Balaban J connectivity index is 2.53. The fourth-order valence-corrected chi connectivity index (χ4v) is 2.56. The monoisotopic (exact) mass is 253 g/mol. The number of alkyl halides is 1. The molecule has 0 aliphatic heterocycles. The van der Waals surface area contributed by atoms with Crippen LogP contribution in [0.3, 0.4) is 0 Å².